The van der Waals surface area contributed by atoms with E-state index in [1.165, 1.54) is 6.42 Å². The molecule has 1 aliphatic carbocycles. The molecule has 1 aromatic rings. The van der Waals surface area contributed by atoms with Gasteiger partial charge in [0.05, 0.1) is 12.2 Å². The maximum Gasteiger partial charge on any atom is 0.373 e. The van der Waals surface area contributed by atoms with Crippen molar-refractivity contribution in [3.63, 3.8) is 0 Å². The smallest absolute Gasteiger partial charge is 0.373 e. The van der Waals surface area contributed by atoms with E-state index in [4.69, 9.17) is 14.5 Å². The van der Waals surface area contributed by atoms with Gasteiger partial charge >= 0.3 is 5.97 Å². The molecular formula is C17H24O4. The van der Waals surface area contributed by atoms with Gasteiger partial charge in [0.25, 0.3) is 0 Å². The number of rotatable bonds is 7. The highest BCUT2D eigenvalue weighted by Crippen LogP contribution is 2.21. The molecule has 0 radical (unpaired) electrons. The minimum absolute atomic E-state index is 0.0550. The van der Waals surface area contributed by atoms with E-state index in [2.05, 4.69) is 6.92 Å². The van der Waals surface area contributed by atoms with Gasteiger partial charge in [0.1, 0.15) is 11.9 Å². The first-order chi connectivity index (χ1) is 10.3. The summed E-state index contributed by atoms with van der Waals surface area (Å²) in [5.41, 5.74) is 0.480. The van der Waals surface area contributed by atoms with Crippen LogP contribution in [0.4, 0.5) is 0 Å². The summed E-state index contributed by atoms with van der Waals surface area (Å²) in [5.74, 6) is 0.328. The summed E-state index contributed by atoms with van der Waals surface area (Å²) in [6, 6.07) is 6.97. The summed E-state index contributed by atoms with van der Waals surface area (Å²) in [6.07, 6.45) is 7.65. The van der Waals surface area contributed by atoms with Crippen molar-refractivity contribution in [1.82, 2.24) is 0 Å². The van der Waals surface area contributed by atoms with Crippen molar-refractivity contribution in [2.75, 3.05) is 6.61 Å². The Morgan fingerprint density at radius 1 is 1.14 bits per heavy atom. The molecule has 1 fully saturated rings. The Labute approximate surface area is 126 Å². The van der Waals surface area contributed by atoms with Crippen LogP contribution in [0.2, 0.25) is 0 Å². The second-order valence-electron chi connectivity index (χ2n) is 5.45. The molecule has 0 heterocycles. The monoisotopic (exact) mass is 292 g/mol. The van der Waals surface area contributed by atoms with Crippen molar-refractivity contribution in [3.05, 3.63) is 29.8 Å². The molecule has 0 aliphatic heterocycles. The fourth-order valence-corrected chi connectivity index (χ4v) is 2.34. The van der Waals surface area contributed by atoms with E-state index in [1.807, 2.05) is 0 Å². The van der Waals surface area contributed by atoms with Crippen LogP contribution >= 0.6 is 0 Å². The SMILES string of the molecule is CCCCOc1ccc(C(=O)OOC2CCCCC2)cc1. The molecular weight excluding hydrogens is 268 g/mol. The van der Waals surface area contributed by atoms with Crippen molar-refractivity contribution in [1.29, 1.82) is 0 Å². The molecule has 1 saturated carbocycles. The number of hydrogen-bond donors (Lipinski definition) is 0. The first-order valence-corrected chi connectivity index (χ1v) is 7.90. The molecule has 116 valence electrons. The fraction of sp³-hybridized carbons (Fsp3) is 0.588. The Hall–Kier alpha value is -1.55. The van der Waals surface area contributed by atoms with Crippen molar-refractivity contribution in [3.8, 4) is 5.75 Å². The molecule has 21 heavy (non-hydrogen) atoms. The Morgan fingerprint density at radius 3 is 2.52 bits per heavy atom. The highest BCUT2D eigenvalue weighted by atomic mass is 17.2. The third kappa shape index (κ3) is 5.38. The van der Waals surface area contributed by atoms with Gasteiger partial charge in [-0.1, -0.05) is 32.6 Å². The molecule has 2 rings (SSSR count). The highest BCUT2D eigenvalue weighted by molar-refractivity contribution is 5.89. The maximum atomic E-state index is 11.9. The molecule has 0 saturated heterocycles. The third-order valence-corrected chi connectivity index (χ3v) is 3.67. The van der Waals surface area contributed by atoms with Gasteiger partial charge in [-0.3, -0.25) is 4.89 Å². The fourth-order valence-electron chi connectivity index (χ4n) is 2.34. The lowest BCUT2D eigenvalue weighted by Gasteiger charge is -2.19. The standard InChI is InChI=1S/C17H24O4/c1-2-3-13-19-15-11-9-14(10-12-15)17(18)21-20-16-7-5-4-6-8-16/h9-12,16H,2-8,13H2,1H3. The Balaban J connectivity index is 1.76. The molecule has 0 N–H and O–H groups in total. The van der Waals surface area contributed by atoms with Crippen LogP contribution in [-0.2, 0) is 9.78 Å². The van der Waals surface area contributed by atoms with Gasteiger partial charge in [-0.05, 0) is 43.5 Å². The summed E-state index contributed by atoms with van der Waals surface area (Å²) in [5, 5.41) is 0. The van der Waals surface area contributed by atoms with Crippen LogP contribution < -0.4 is 4.74 Å². The first-order valence-electron chi connectivity index (χ1n) is 7.90. The first kappa shape index (κ1) is 15.8. The topological polar surface area (TPSA) is 44.8 Å². The van der Waals surface area contributed by atoms with Crippen LogP contribution in [0.15, 0.2) is 24.3 Å². The molecule has 0 bridgehead atoms. The average molecular weight is 292 g/mol. The van der Waals surface area contributed by atoms with Crippen LogP contribution in [0.3, 0.4) is 0 Å². The van der Waals surface area contributed by atoms with E-state index in [-0.39, 0.29) is 6.10 Å². The zero-order valence-electron chi connectivity index (χ0n) is 12.7. The normalized spacial score (nSPS) is 15.7. The number of hydrogen-bond acceptors (Lipinski definition) is 4. The number of ether oxygens (including phenoxy) is 1. The minimum Gasteiger partial charge on any atom is -0.494 e. The molecule has 0 atom stereocenters. The van der Waals surface area contributed by atoms with Gasteiger partial charge in [0, 0.05) is 0 Å². The Morgan fingerprint density at radius 2 is 1.86 bits per heavy atom. The zero-order valence-corrected chi connectivity index (χ0v) is 12.7. The third-order valence-electron chi connectivity index (χ3n) is 3.67. The number of unbranched alkanes of at least 4 members (excludes halogenated alkanes) is 1. The second kappa shape index (κ2) is 8.67. The summed E-state index contributed by atoms with van der Waals surface area (Å²) >= 11 is 0. The molecule has 1 aliphatic rings. The number of benzene rings is 1. The van der Waals surface area contributed by atoms with Gasteiger partial charge in [-0.2, -0.15) is 4.89 Å². The summed E-state index contributed by atoms with van der Waals surface area (Å²) in [4.78, 5) is 22.0. The predicted molar refractivity (Wildman–Crippen MR) is 80.2 cm³/mol. The van der Waals surface area contributed by atoms with E-state index in [9.17, 15) is 4.79 Å². The largest absolute Gasteiger partial charge is 0.494 e. The van der Waals surface area contributed by atoms with Crippen molar-refractivity contribution >= 4 is 5.97 Å². The van der Waals surface area contributed by atoms with Gasteiger partial charge in [0.2, 0.25) is 0 Å². The lowest BCUT2D eigenvalue weighted by atomic mass is 9.98. The maximum absolute atomic E-state index is 11.9. The van der Waals surface area contributed by atoms with Gasteiger partial charge in [-0.15, -0.1) is 0 Å². The molecule has 4 heteroatoms. The predicted octanol–water partition coefficient (Wildman–Crippen LogP) is 4.29. The number of carbonyl (C=O) groups is 1. The number of carbonyl (C=O) groups excluding carboxylic acids is 1. The van der Waals surface area contributed by atoms with E-state index in [0.29, 0.717) is 12.2 Å². The van der Waals surface area contributed by atoms with Crippen molar-refractivity contribution < 1.29 is 19.3 Å². The van der Waals surface area contributed by atoms with Gasteiger partial charge < -0.3 is 4.74 Å². The van der Waals surface area contributed by atoms with E-state index >= 15 is 0 Å². The molecule has 0 amide bonds. The van der Waals surface area contributed by atoms with Crippen LogP contribution in [0.25, 0.3) is 0 Å². The molecule has 0 spiro atoms. The van der Waals surface area contributed by atoms with Crippen molar-refractivity contribution in [2.45, 2.75) is 58.0 Å². The summed E-state index contributed by atoms with van der Waals surface area (Å²) < 4.78 is 5.55. The summed E-state index contributed by atoms with van der Waals surface area (Å²) in [7, 11) is 0. The molecule has 4 nitrogen and oxygen atoms in total. The summed E-state index contributed by atoms with van der Waals surface area (Å²) in [6.45, 7) is 2.82. The van der Waals surface area contributed by atoms with Crippen LogP contribution in [0, 0.1) is 0 Å². The second-order valence-corrected chi connectivity index (χ2v) is 5.45. The average Bonchev–Trinajstić information content (AvgIpc) is 2.54. The van der Waals surface area contributed by atoms with Gasteiger partial charge in [-0.25, -0.2) is 4.79 Å². The lowest BCUT2D eigenvalue weighted by molar-refractivity contribution is -0.279. The quantitative estimate of drug-likeness (QED) is 0.427. The van der Waals surface area contributed by atoms with Crippen LogP contribution in [-0.4, -0.2) is 18.7 Å². The highest BCUT2D eigenvalue weighted by Gasteiger charge is 2.17. The lowest BCUT2D eigenvalue weighted by Crippen LogP contribution is -2.19. The molecule has 0 unspecified atom stereocenters. The molecule has 1 aromatic carbocycles. The van der Waals surface area contributed by atoms with E-state index < -0.39 is 5.97 Å². The minimum atomic E-state index is -0.444. The van der Waals surface area contributed by atoms with Crippen molar-refractivity contribution in [2.24, 2.45) is 0 Å². The zero-order chi connectivity index (χ0) is 14.9. The Kier molecular flexibility index (Phi) is 6.54. The van der Waals surface area contributed by atoms with E-state index in [0.717, 1.165) is 44.3 Å². The molecule has 0 aromatic heterocycles. The van der Waals surface area contributed by atoms with Crippen LogP contribution in [0.5, 0.6) is 5.75 Å². The van der Waals surface area contributed by atoms with E-state index in [1.54, 1.807) is 24.3 Å². The Bertz CT molecular complexity index is 421. The van der Waals surface area contributed by atoms with Gasteiger partial charge in [0.15, 0.2) is 0 Å². The van der Waals surface area contributed by atoms with Crippen LogP contribution in [0.1, 0.15) is 62.2 Å².